The van der Waals surface area contributed by atoms with Crippen molar-refractivity contribution in [1.29, 1.82) is 0 Å². The number of benzene rings is 2. The zero-order chi connectivity index (χ0) is 16.4. The topological polar surface area (TPSA) is 85.4 Å². The Kier molecular flexibility index (Phi) is 4.12. The van der Waals surface area contributed by atoms with Gasteiger partial charge in [-0.2, -0.15) is 0 Å². The first-order valence-corrected chi connectivity index (χ1v) is 7.52. The monoisotopic (exact) mass is 374 g/mol. The summed E-state index contributed by atoms with van der Waals surface area (Å²) in [6.45, 7) is 0. The van der Waals surface area contributed by atoms with Crippen molar-refractivity contribution in [3.8, 4) is 0 Å². The molecule has 0 aliphatic heterocycles. The SMILES string of the molecule is O=C(Cc1coc2ccc(Br)cc12)Nc1ccc([N+](=O)[O-])cc1. The van der Waals surface area contributed by atoms with Gasteiger partial charge in [-0.05, 0) is 30.3 Å². The minimum atomic E-state index is -0.485. The summed E-state index contributed by atoms with van der Waals surface area (Å²) in [5.74, 6) is -0.221. The number of halogens is 1. The lowest BCUT2D eigenvalue weighted by Gasteiger charge is -2.04. The maximum absolute atomic E-state index is 12.1. The van der Waals surface area contributed by atoms with Gasteiger partial charge in [0.1, 0.15) is 5.58 Å². The van der Waals surface area contributed by atoms with Crippen LogP contribution >= 0.6 is 15.9 Å². The van der Waals surface area contributed by atoms with Gasteiger partial charge in [0.2, 0.25) is 5.91 Å². The summed E-state index contributed by atoms with van der Waals surface area (Å²) in [4.78, 5) is 22.2. The first kappa shape index (κ1) is 15.2. The maximum atomic E-state index is 12.1. The van der Waals surface area contributed by atoms with Crippen molar-refractivity contribution in [1.82, 2.24) is 0 Å². The maximum Gasteiger partial charge on any atom is 0.269 e. The standard InChI is InChI=1S/C16H11BrN2O4/c17-11-1-6-15-14(8-11)10(9-23-15)7-16(20)18-12-2-4-13(5-3-12)19(21)22/h1-6,8-9H,7H2,(H,18,20). The Balaban J connectivity index is 1.73. The molecule has 6 nitrogen and oxygen atoms in total. The fraction of sp³-hybridized carbons (Fsp3) is 0.0625. The summed E-state index contributed by atoms with van der Waals surface area (Å²) in [5.41, 5.74) is 1.98. The Hall–Kier alpha value is -2.67. The molecule has 0 fully saturated rings. The van der Waals surface area contributed by atoms with Crippen LogP contribution in [0.5, 0.6) is 0 Å². The first-order chi connectivity index (χ1) is 11.0. The van der Waals surface area contributed by atoms with Crippen molar-refractivity contribution in [3.63, 3.8) is 0 Å². The minimum Gasteiger partial charge on any atom is -0.464 e. The number of nitrogens with one attached hydrogen (secondary N) is 1. The Labute approximate surface area is 139 Å². The number of fused-ring (bicyclic) bond motifs is 1. The van der Waals surface area contributed by atoms with Crippen molar-refractivity contribution in [3.05, 3.63) is 68.9 Å². The molecule has 0 spiro atoms. The van der Waals surface area contributed by atoms with Crippen LogP contribution in [0, 0.1) is 10.1 Å². The predicted octanol–water partition coefficient (Wildman–Crippen LogP) is 4.28. The van der Waals surface area contributed by atoms with Gasteiger partial charge in [0.25, 0.3) is 5.69 Å². The zero-order valence-electron chi connectivity index (χ0n) is 11.8. The average molecular weight is 375 g/mol. The molecule has 2 aromatic carbocycles. The second-order valence-corrected chi connectivity index (χ2v) is 5.85. The Morgan fingerprint density at radius 1 is 1.22 bits per heavy atom. The lowest BCUT2D eigenvalue weighted by atomic mass is 10.1. The lowest BCUT2D eigenvalue weighted by Crippen LogP contribution is -2.14. The second-order valence-electron chi connectivity index (χ2n) is 4.93. The summed E-state index contributed by atoms with van der Waals surface area (Å²) in [6.07, 6.45) is 1.72. The van der Waals surface area contributed by atoms with Gasteiger partial charge in [0, 0.05) is 33.2 Å². The van der Waals surface area contributed by atoms with E-state index in [-0.39, 0.29) is 18.0 Å². The van der Waals surface area contributed by atoms with Crippen LogP contribution in [0.4, 0.5) is 11.4 Å². The Morgan fingerprint density at radius 3 is 2.65 bits per heavy atom. The van der Waals surface area contributed by atoms with Gasteiger partial charge in [0.15, 0.2) is 0 Å². The van der Waals surface area contributed by atoms with Gasteiger partial charge in [-0.1, -0.05) is 15.9 Å². The number of nitrogens with zero attached hydrogens (tertiary/aromatic N) is 1. The van der Waals surface area contributed by atoms with Crippen molar-refractivity contribution >= 4 is 44.2 Å². The largest absolute Gasteiger partial charge is 0.464 e. The van der Waals surface area contributed by atoms with E-state index in [0.717, 1.165) is 15.4 Å². The van der Waals surface area contributed by atoms with Crippen LogP contribution in [0.15, 0.2) is 57.6 Å². The molecule has 1 aromatic heterocycles. The number of hydrogen-bond acceptors (Lipinski definition) is 4. The van der Waals surface area contributed by atoms with Gasteiger partial charge in [-0.3, -0.25) is 14.9 Å². The van der Waals surface area contributed by atoms with Crippen LogP contribution in [0.25, 0.3) is 11.0 Å². The van der Waals surface area contributed by atoms with Gasteiger partial charge in [0.05, 0.1) is 17.6 Å². The molecule has 1 N–H and O–H groups in total. The van der Waals surface area contributed by atoms with E-state index in [4.69, 9.17) is 4.42 Å². The number of nitro benzene ring substituents is 1. The van der Waals surface area contributed by atoms with Crippen LogP contribution in [-0.4, -0.2) is 10.8 Å². The molecule has 0 radical (unpaired) electrons. The number of hydrogen-bond donors (Lipinski definition) is 1. The summed E-state index contributed by atoms with van der Waals surface area (Å²) in [5, 5.41) is 14.2. The number of carbonyl (C=O) groups is 1. The Bertz CT molecular complexity index is 887. The van der Waals surface area contributed by atoms with E-state index < -0.39 is 4.92 Å². The molecular formula is C16H11BrN2O4. The molecule has 0 saturated carbocycles. The molecule has 23 heavy (non-hydrogen) atoms. The lowest BCUT2D eigenvalue weighted by molar-refractivity contribution is -0.384. The van der Waals surface area contributed by atoms with Gasteiger partial charge >= 0.3 is 0 Å². The highest BCUT2D eigenvalue weighted by atomic mass is 79.9. The fourth-order valence-corrected chi connectivity index (χ4v) is 2.60. The van der Waals surface area contributed by atoms with E-state index in [2.05, 4.69) is 21.2 Å². The van der Waals surface area contributed by atoms with Crippen LogP contribution in [0.1, 0.15) is 5.56 Å². The van der Waals surface area contributed by atoms with E-state index >= 15 is 0 Å². The minimum absolute atomic E-state index is 0.0197. The van der Waals surface area contributed by atoms with Crippen molar-refractivity contribution < 1.29 is 14.1 Å². The fourth-order valence-electron chi connectivity index (χ4n) is 2.24. The molecule has 0 saturated heterocycles. The summed E-state index contributed by atoms with van der Waals surface area (Å²) in [6, 6.07) is 11.3. The molecule has 0 atom stereocenters. The van der Waals surface area contributed by atoms with E-state index in [1.165, 1.54) is 24.3 Å². The number of carbonyl (C=O) groups excluding carboxylic acids is 1. The molecule has 1 heterocycles. The van der Waals surface area contributed by atoms with Gasteiger partial charge in [-0.15, -0.1) is 0 Å². The normalized spacial score (nSPS) is 10.7. The molecule has 0 unspecified atom stereocenters. The van der Waals surface area contributed by atoms with Crippen LogP contribution in [0.2, 0.25) is 0 Å². The highest BCUT2D eigenvalue weighted by Gasteiger charge is 2.12. The number of nitro groups is 1. The zero-order valence-corrected chi connectivity index (χ0v) is 13.4. The average Bonchev–Trinajstić information content (AvgIpc) is 2.90. The predicted molar refractivity (Wildman–Crippen MR) is 89.3 cm³/mol. The van der Waals surface area contributed by atoms with E-state index in [1.807, 2.05) is 18.2 Å². The van der Waals surface area contributed by atoms with Crippen LogP contribution in [-0.2, 0) is 11.2 Å². The smallest absolute Gasteiger partial charge is 0.269 e. The van der Waals surface area contributed by atoms with Crippen molar-refractivity contribution in [2.45, 2.75) is 6.42 Å². The van der Waals surface area contributed by atoms with Crippen LogP contribution in [0.3, 0.4) is 0 Å². The second kappa shape index (κ2) is 6.21. The number of amides is 1. The number of anilines is 1. The molecular weight excluding hydrogens is 364 g/mol. The molecule has 0 aliphatic carbocycles. The molecule has 7 heteroatoms. The third-order valence-electron chi connectivity index (χ3n) is 3.33. The van der Waals surface area contributed by atoms with Crippen LogP contribution < -0.4 is 5.32 Å². The van der Waals surface area contributed by atoms with Gasteiger partial charge in [-0.25, -0.2) is 0 Å². The highest BCUT2D eigenvalue weighted by Crippen LogP contribution is 2.25. The molecule has 3 aromatic rings. The number of rotatable bonds is 4. The van der Waals surface area contributed by atoms with Gasteiger partial charge < -0.3 is 9.73 Å². The summed E-state index contributed by atoms with van der Waals surface area (Å²) < 4.78 is 6.33. The van der Waals surface area contributed by atoms with E-state index in [0.29, 0.717) is 11.3 Å². The first-order valence-electron chi connectivity index (χ1n) is 6.73. The Morgan fingerprint density at radius 2 is 1.96 bits per heavy atom. The summed E-state index contributed by atoms with van der Waals surface area (Å²) in [7, 11) is 0. The van der Waals surface area contributed by atoms with Crippen molar-refractivity contribution in [2.75, 3.05) is 5.32 Å². The quantitative estimate of drug-likeness (QED) is 0.545. The molecule has 0 aliphatic rings. The third kappa shape index (κ3) is 3.40. The highest BCUT2D eigenvalue weighted by molar-refractivity contribution is 9.10. The van der Waals surface area contributed by atoms with E-state index in [1.54, 1.807) is 6.26 Å². The number of furan rings is 1. The van der Waals surface area contributed by atoms with E-state index in [9.17, 15) is 14.9 Å². The molecule has 1 amide bonds. The third-order valence-corrected chi connectivity index (χ3v) is 3.82. The molecule has 3 rings (SSSR count). The molecule has 0 bridgehead atoms. The molecule has 116 valence electrons. The summed E-state index contributed by atoms with van der Waals surface area (Å²) >= 11 is 3.39. The van der Waals surface area contributed by atoms with Crippen molar-refractivity contribution in [2.24, 2.45) is 0 Å². The number of non-ortho nitro benzene ring substituents is 1.